The van der Waals surface area contributed by atoms with Gasteiger partial charge in [-0.3, -0.25) is 9.69 Å². The summed E-state index contributed by atoms with van der Waals surface area (Å²) in [5, 5.41) is 0. The Balaban J connectivity index is 1.34. The van der Waals surface area contributed by atoms with Crippen LogP contribution in [0.4, 0.5) is 4.39 Å². The maximum absolute atomic E-state index is 13.8. The molecule has 0 bridgehead atoms. The number of hydrogen-bond donors (Lipinski definition) is 0. The number of morpholine rings is 1. The molecular weight excluding hydrogens is 323 g/mol. The highest BCUT2D eigenvalue weighted by atomic mass is 19.1. The molecule has 1 amide bonds. The largest absolute Gasteiger partial charge is 0.487 e. The van der Waals surface area contributed by atoms with Gasteiger partial charge in [-0.05, 0) is 30.9 Å². The molecule has 0 unspecified atom stereocenters. The Morgan fingerprint density at radius 3 is 2.80 bits per heavy atom. The van der Waals surface area contributed by atoms with Crippen molar-refractivity contribution in [1.82, 2.24) is 9.80 Å². The standard InChI is InChI=1S/C19H25FN2O3/c20-16-3-1-2-4-18(16)25-17-6-5-14-11-22(12-15(14)17)19(23)13-21-7-9-24-10-8-21/h1-4,14-15,17H,5-13H2/t14-,15+,17-/m0/s1. The van der Waals surface area contributed by atoms with Crippen LogP contribution in [0, 0.1) is 17.7 Å². The fraction of sp³-hybridized carbons (Fsp3) is 0.632. The molecule has 0 N–H and O–H groups in total. The number of fused-ring (bicyclic) bond motifs is 1. The zero-order valence-corrected chi connectivity index (χ0v) is 14.4. The lowest BCUT2D eigenvalue weighted by Gasteiger charge is -2.28. The maximum Gasteiger partial charge on any atom is 0.236 e. The molecule has 6 heteroatoms. The van der Waals surface area contributed by atoms with Crippen molar-refractivity contribution in [3.63, 3.8) is 0 Å². The van der Waals surface area contributed by atoms with E-state index in [1.54, 1.807) is 18.2 Å². The van der Waals surface area contributed by atoms with Crippen molar-refractivity contribution < 1.29 is 18.7 Å². The number of para-hydroxylation sites is 1. The van der Waals surface area contributed by atoms with Gasteiger partial charge in [-0.25, -0.2) is 4.39 Å². The third-order valence-corrected chi connectivity index (χ3v) is 5.72. The molecule has 1 aromatic rings. The minimum Gasteiger partial charge on any atom is -0.487 e. The second-order valence-electron chi connectivity index (χ2n) is 7.28. The van der Waals surface area contributed by atoms with Crippen molar-refractivity contribution in [3.05, 3.63) is 30.1 Å². The summed E-state index contributed by atoms with van der Waals surface area (Å²) in [6.45, 7) is 5.07. The minimum atomic E-state index is -0.316. The van der Waals surface area contributed by atoms with Crippen LogP contribution in [0.1, 0.15) is 12.8 Å². The minimum absolute atomic E-state index is 0.00286. The van der Waals surface area contributed by atoms with Gasteiger partial charge in [-0.2, -0.15) is 0 Å². The van der Waals surface area contributed by atoms with Crippen molar-refractivity contribution in [3.8, 4) is 5.75 Å². The molecule has 0 aromatic heterocycles. The molecule has 0 radical (unpaired) electrons. The molecule has 3 fully saturated rings. The quantitative estimate of drug-likeness (QED) is 0.832. The van der Waals surface area contributed by atoms with E-state index in [0.29, 0.717) is 37.3 Å². The Kier molecular flexibility index (Phi) is 4.90. The van der Waals surface area contributed by atoms with E-state index >= 15 is 0 Å². The van der Waals surface area contributed by atoms with Crippen molar-refractivity contribution in [2.24, 2.45) is 11.8 Å². The van der Waals surface area contributed by atoms with Crippen molar-refractivity contribution >= 4 is 5.91 Å². The van der Waals surface area contributed by atoms with E-state index in [2.05, 4.69) is 4.90 Å². The van der Waals surface area contributed by atoms with Gasteiger partial charge in [0.15, 0.2) is 11.6 Å². The number of ether oxygens (including phenoxy) is 2. The fourth-order valence-electron chi connectivity index (χ4n) is 4.32. The third-order valence-electron chi connectivity index (χ3n) is 5.72. The summed E-state index contributed by atoms with van der Waals surface area (Å²) >= 11 is 0. The Labute approximate surface area is 147 Å². The summed E-state index contributed by atoms with van der Waals surface area (Å²) in [7, 11) is 0. The molecule has 2 heterocycles. The van der Waals surface area contributed by atoms with Gasteiger partial charge in [0.1, 0.15) is 6.10 Å². The fourth-order valence-corrected chi connectivity index (χ4v) is 4.32. The van der Waals surface area contributed by atoms with E-state index in [4.69, 9.17) is 9.47 Å². The van der Waals surface area contributed by atoms with E-state index in [9.17, 15) is 9.18 Å². The summed E-state index contributed by atoms with van der Waals surface area (Å²) in [4.78, 5) is 16.7. The van der Waals surface area contributed by atoms with E-state index in [-0.39, 0.29) is 17.8 Å². The average Bonchev–Trinajstić information content (AvgIpc) is 3.20. The van der Waals surface area contributed by atoms with Gasteiger partial charge < -0.3 is 14.4 Å². The first-order chi connectivity index (χ1) is 12.2. The molecule has 3 atom stereocenters. The molecule has 5 nitrogen and oxygen atoms in total. The molecular formula is C19H25FN2O3. The lowest BCUT2D eigenvalue weighted by Crippen LogP contribution is -2.44. The lowest BCUT2D eigenvalue weighted by molar-refractivity contribution is -0.132. The topological polar surface area (TPSA) is 42.0 Å². The summed E-state index contributed by atoms with van der Waals surface area (Å²) < 4.78 is 25.1. The van der Waals surface area contributed by atoms with Crippen molar-refractivity contribution in [1.29, 1.82) is 0 Å². The molecule has 1 aliphatic carbocycles. The van der Waals surface area contributed by atoms with Gasteiger partial charge in [0, 0.05) is 32.1 Å². The van der Waals surface area contributed by atoms with Gasteiger partial charge in [-0.15, -0.1) is 0 Å². The number of benzene rings is 1. The predicted molar refractivity (Wildman–Crippen MR) is 90.9 cm³/mol. The van der Waals surface area contributed by atoms with E-state index in [1.807, 2.05) is 4.90 Å². The van der Waals surface area contributed by atoms with Gasteiger partial charge in [0.05, 0.1) is 19.8 Å². The Bertz CT molecular complexity index is 620. The first kappa shape index (κ1) is 16.8. The van der Waals surface area contributed by atoms with Crippen molar-refractivity contribution in [2.75, 3.05) is 45.9 Å². The molecule has 0 spiro atoms. The number of hydrogen-bond acceptors (Lipinski definition) is 4. The zero-order valence-electron chi connectivity index (χ0n) is 14.4. The van der Waals surface area contributed by atoms with Gasteiger partial charge in [0.25, 0.3) is 0 Å². The molecule has 2 aliphatic heterocycles. The van der Waals surface area contributed by atoms with Gasteiger partial charge in [-0.1, -0.05) is 12.1 Å². The van der Waals surface area contributed by atoms with Crippen LogP contribution in [-0.2, 0) is 9.53 Å². The zero-order chi connectivity index (χ0) is 17.2. The first-order valence-corrected chi connectivity index (χ1v) is 9.20. The summed E-state index contributed by atoms with van der Waals surface area (Å²) in [5.74, 6) is 0.995. The van der Waals surface area contributed by atoms with E-state index < -0.39 is 0 Å². The number of nitrogens with zero attached hydrogens (tertiary/aromatic N) is 2. The molecule has 4 rings (SSSR count). The SMILES string of the molecule is O=C(CN1CCOCC1)N1C[C@@H]2CC[C@H](Oc3ccccc3F)[C@@H]2C1. The Morgan fingerprint density at radius 2 is 2.00 bits per heavy atom. The van der Waals surface area contributed by atoms with Crippen LogP contribution < -0.4 is 4.74 Å². The van der Waals surface area contributed by atoms with Gasteiger partial charge >= 0.3 is 0 Å². The highest BCUT2D eigenvalue weighted by Crippen LogP contribution is 2.40. The third kappa shape index (κ3) is 3.65. The maximum atomic E-state index is 13.8. The van der Waals surface area contributed by atoms with Crippen LogP contribution in [0.25, 0.3) is 0 Å². The Morgan fingerprint density at radius 1 is 1.20 bits per heavy atom. The summed E-state index contributed by atoms with van der Waals surface area (Å²) in [6, 6.07) is 6.56. The number of rotatable bonds is 4. The van der Waals surface area contributed by atoms with E-state index in [1.165, 1.54) is 6.07 Å². The highest BCUT2D eigenvalue weighted by Gasteiger charge is 2.45. The van der Waals surface area contributed by atoms with Crippen LogP contribution >= 0.6 is 0 Å². The number of carbonyl (C=O) groups is 1. The van der Waals surface area contributed by atoms with Crippen molar-refractivity contribution in [2.45, 2.75) is 18.9 Å². The average molecular weight is 348 g/mol. The normalized spacial score (nSPS) is 29.6. The summed E-state index contributed by atoms with van der Waals surface area (Å²) in [5.41, 5.74) is 0. The molecule has 1 saturated carbocycles. The molecule has 3 aliphatic rings. The molecule has 136 valence electrons. The van der Waals surface area contributed by atoms with Crippen LogP contribution in [0.15, 0.2) is 24.3 Å². The van der Waals surface area contributed by atoms with Crippen LogP contribution in [0.2, 0.25) is 0 Å². The molecule has 25 heavy (non-hydrogen) atoms. The molecule has 2 saturated heterocycles. The molecule has 1 aromatic carbocycles. The number of carbonyl (C=O) groups excluding carboxylic acids is 1. The van der Waals surface area contributed by atoms with Crippen LogP contribution in [-0.4, -0.2) is 67.7 Å². The van der Waals surface area contributed by atoms with Crippen LogP contribution in [0.3, 0.4) is 0 Å². The van der Waals surface area contributed by atoms with Gasteiger partial charge in [0.2, 0.25) is 5.91 Å². The second kappa shape index (κ2) is 7.30. The highest BCUT2D eigenvalue weighted by molar-refractivity contribution is 5.78. The second-order valence-corrected chi connectivity index (χ2v) is 7.28. The Hall–Kier alpha value is -1.66. The number of halogens is 1. The monoisotopic (exact) mass is 348 g/mol. The van der Waals surface area contributed by atoms with E-state index in [0.717, 1.165) is 39.0 Å². The number of amides is 1. The lowest BCUT2D eigenvalue weighted by atomic mass is 9.99. The smallest absolute Gasteiger partial charge is 0.236 e. The number of likely N-dealkylation sites (tertiary alicyclic amines) is 1. The first-order valence-electron chi connectivity index (χ1n) is 9.20. The summed E-state index contributed by atoms with van der Waals surface area (Å²) in [6.07, 6.45) is 1.99. The van der Waals surface area contributed by atoms with Crippen LogP contribution in [0.5, 0.6) is 5.75 Å². The predicted octanol–water partition coefficient (Wildman–Crippen LogP) is 1.77.